The predicted molar refractivity (Wildman–Crippen MR) is 58.5 cm³/mol. The van der Waals surface area contributed by atoms with Gasteiger partial charge >= 0.3 is 5.97 Å². The molecule has 1 unspecified atom stereocenters. The first kappa shape index (κ1) is 13.9. The molecule has 0 rings (SSSR count). The second kappa shape index (κ2) is 6.43. The number of hydrogen-bond donors (Lipinski definition) is 1. The van der Waals surface area contributed by atoms with Crippen molar-refractivity contribution in [2.24, 2.45) is 5.92 Å². The van der Waals surface area contributed by atoms with Crippen molar-refractivity contribution in [1.29, 1.82) is 0 Å². The molecule has 1 atom stereocenters. The van der Waals surface area contributed by atoms with Crippen LogP contribution in [0.4, 0.5) is 0 Å². The summed E-state index contributed by atoms with van der Waals surface area (Å²) < 4.78 is 0. The van der Waals surface area contributed by atoms with Gasteiger partial charge in [0.2, 0.25) is 6.41 Å². The van der Waals surface area contributed by atoms with E-state index in [1.807, 2.05) is 27.7 Å². The molecule has 0 saturated heterocycles. The third-order valence-corrected chi connectivity index (χ3v) is 2.79. The molecule has 0 spiro atoms. The lowest BCUT2D eigenvalue weighted by molar-refractivity contribution is -0.150. The summed E-state index contributed by atoms with van der Waals surface area (Å²) in [5.74, 6) is -0.889. The number of carboxylic acids is 1. The maximum atomic E-state index is 11.2. The summed E-state index contributed by atoms with van der Waals surface area (Å²) in [6, 6.07) is -0.776. The van der Waals surface area contributed by atoms with Crippen molar-refractivity contribution in [3.8, 4) is 0 Å². The number of amides is 1. The molecule has 88 valence electrons. The van der Waals surface area contributed by atoms with Crippen LogP contribution in [0.25, 0.3) is 0 Å². The first-order chi connectivity index (χ1) is 6.99. The van der Waals surface area contributed by atoms with Crippen molar-refractivity contribution < 1.29 is 14.7 Å². The van der Waals surface area contributed by atoms with Gasteiger partial charge in [0.25, 0.3) is 0 Å². The molecular formula is C11H21NO3. The summed E-state index contributed by atoms with van der Waals surface area (Å²) in [6.45, 7) is 7.56. The minimum atomic E-state index is -0.912. The molecule has 4 heteroatoms. The number of aliphatic carboxylic acids is 1. The number of nitrogens with zero attached hydrogens (tertiary/aromatic N) is 1. The molecule has 0 aromatic heterocycles. The van der Waals surface area contributed by atoms with E-state index in [9.17, 15) is 9.59 Å². The molecule has 0 aromatic carbocycles. The van der Waals surface area contributed by atoms with Gasteiger partial charge in [0.05, 0.1) is 0 Å². The van der Waals surface area contributed by atoms with Gasteiger partial charge in [-0.15, -0.1) is 0 Å². The molecule has 0 aromatic rings. The third kappa shape index (κ3) is 3.53. The van der Waals surface area contributed by atoms with Crippen LogP contribution in [0, 0.1) is 5.92 Å². The van der Waals surface area contributed by atoms with E-state index in [0.717, 1.165) is 12.8 Å². The van der Waals surface area contributed by atoms with E-state index in [-0.39, 0.29) is 12.0 Å². The molecule has 1 N–H and O–H groups in total. The summed E-state index contributed by atoms with van der Waals surface area (Å²) >= 11 is 0. The Kier molecular flexibility index (Phi) is 5.97. The molecule has 1 amide bonds. The molecule has 0 fully saturated rings. The van der Waals surface area contributed by atoms with Gasteiger partial charge in [-0.3, -0.25) is 4.79 Å². The zero-order valence-electron chi connectivity index (χ0n) is 9.93. The quantitative estimate of drug-likeness (QED) is 0.658. The van der Waals surface area contributed by atoms with Gasteiger partial charge < -0.3 is 10.0 Å². The van der Waals surface area contributed by atoms with Gasteiger partial charge in [-0.2, -0.15) is 0 Å². The normalized spacial score (nSPS) is 12.9. The van der Waals surface area contributed by atoms with Crippen LogP contribution in [0.15, 0.2) is 0 Å². The van der Waals surface area contributed by atoms with E-state index in [1.54, 1.807) is 0 Å². The first-order valence-electron chi connectivity index (χ1n) is 5.45. The fraction of sp³-hybridized carbons (Fsp3) is 0.818. The fourth-order valence-corrected chi connectivity index (χ4v) is 1.82. The van der Waals surface area contributed by atoms with Crippen molar-refractivity contribution >= 4 is 12.4 Å². The molecule has 0 radical (unpaired) electrons. The number of carbonyl (C=O) groups excluding carboxylic acids is 1. The summed E-state index contributed by atoms with van der Waals surface area (Å²) in [5.41, 5.74) is 0. The summed E-state index contributed by atoms with van der Waals surface area (Å²) in [6.07, 6.45) is 2.18. The lowest BCUT2D eigenvalue weighted by atomic mass is 9.92. The van der Waals surface area contributed by atoms with E-state index in [2.05, 4.69) is 0 Å². The molecule has 0 heterocycles. The zero-order chi connectivity index (χ0) is 12.0. The predicted octanol–water partition coefficient (Wildman–Crippen LogP) is 1.74. The molecule has 0 aliphatic carbocycles. The molecular weight excluding hydrogens is 194 g/mol. The number of carbonyl (C=O) groups is 2. The standard InChI is InChI=1S/C11H21NO3/c1-5-9(6-2)10(11(14)15)12(7-13)8(3)4/h7-10H,5-6H2,1-4H3,(H,14,15). The number of rotatable bonds is 7. The van der Waals surface area contributed by atoms with E-state index in [4.69, 9.17) is 5.11 Å². The van der Waals surface area contributed by atoms with E-state index < -0.39 is 12.0 Å². The maximum Gasteiger partial charge on any atom is 0.326 e. The van der Waals surface area contributed by atoms with Gasteiger partial charge in [-0.05, 0) is 19.8 Å². The zero-order valence-corrected chi connectivity index (χ0v) is 9.93. The number of hydrogen-bond acceptors (Lipinski definition) is 2. The monoisotopic (exact) mass is 215 g/mol. The summed E-state index contributed by atoms with van der Waals surface area (Å²) in [7, 11) is 0. The number of carboxylic acid groups (broad SMARTS) is 1. The molecule has 0 aliphatic rings. The highest BCUT2D eigenvalue weighted by Crippen LogP contribution is 2.19. The Balaban J connectivity index is 4.91. The van der Waals surface area contributed by atoms with Crippen LogP contribution < -0.4 is 0 Å². The second-order valence-electron chi connectivity index (χ2n) is 4.01. The van der Waals surface area contributed by atoms with E-state index in [1.165, 1.54) is 4.90 Å². The highest BCUT2D eigenvalue weighted by atomic mass is 16.4. The maximum absolute atomic E-state index is 11.2. The van der Waals surface area contributed by atoms with Crippen molar-refractivity contribution in [2.75, 3.05) is 0 Å². The van der Waals surface area contributed by atoms with Crippen LogP contribution in [0.1, 0.15) is 40.5 Å². The van der Waals surface area contributed by atoms with Crippen molar-refractivity contribution in [2.45, 2.75) is 52.6 Å². The van der Waals surface area contributed by atoms with Crippen molar-refractivity contribution in [1.82, 2.24) is 4.90 Å². The van der Waals surface area contributed by atoms with Crippen LogP contribution in [0.2, 0.25) is 0 Å². The minimum Gasteiger partial charge on any atom is -0.480 e. The lowest BCUT2D eigenvalue weighted by Gasteiger charge is -2.33. The average Bonchev–Trinajstić information content (AvgIpc) is 2.17. The summed E-state index contributed by atoms with van der Waals surface area (Å²) in [5, 5.41) is 9.16. The molecule has 0 aliphatic heterocycles. The molecule has 0 saturated carbocycles. The Morgan fingerprint density at radius 2 is 1.80 bits per heavy atom. The van der Waals surface area contributed by atoms with Gasteiger partial charge in [0, 0.05) is 6.04 Å². The smallest absolute Gasteiger partial charge is 0.326 e. The second-order valence-corrected chi connectivity index (χ2v) is 4.01. The summed E-state index contributed by atoms with van der Waals surface area (Å²) in [4.78, 5) is 23.4. The molecule has 15 heavy (non-hydrogen) atoms. The fourth-order valence-electron chi connectivity index (χ4n) is 1.82. The lowest BCUT2D eigenvalue weighted by Crippen LogP contribution is -2.48. The third-order valence-electron chi connectivity index (χ3n) is 2.79. The van der Waals surface area contributed by atoms with Gasteiger partial charge in [0.15, 0.2) is 0 Å². The van der Waals surface area contributed by atoms with Gasteiger partial charge in [0.1, 0.15) is 6.04 Å². The van der Waals surface area contributed by atoms with Gasteiger partial charge in [-0.1, -0.05) is 26.7 Å². The van der Waals surface area contributed by atoms with Crippen LogP contribution in [0.5, 0.6) is 0 Å². The average molecular weight is 215 g/mol. The van der Waals surface area contributed by atoms with Crippen LogP contribution >= 0.6 is 0 Å². The first-order valence-corrected chi connectivity index (χ1v) is 5.45. The van der Waals surface area contributed by atoms with E-state index in [0.29, 0.717) is 6.41 Å². The van der Waals surface area contributed by atoms with Crippen LogP contribution in [-0.2, 0) is 9.59 Å². The highest BCUT2D eigenvalue weighted by molar-refractivity contribution is 5.76. The van der Waals surface area contributed by atoms with Crippen molar-refractivity contribution in [3.63, 3.8) is 0 Å². The Hall–Kier alpha value is -1.06. The Morgan fingerprint density at radius 1 is 1.33 bits per heavy atom. The Morgan fingerprint density at radius 3 is 2.00 bits per heavy atom. The topological polar surface area (TPSA) is 57.6 Å². The van der Waals surface area contributed by atoms with Crippen LogP contribution in [0.3, 0.4) is 0 Å². The van der Waals surface area contributed by atoms with Gasteiger partial charge in [-0.25, -0.2) is 4.79 Å². The molecule has 4 nitrogen and oxygen atoms in total. The van der Waals surface area contributed by atoms with Crippen LogP contribution in [-0.4, -0.2) is 34.5 Å². The highest BCUT2D eigenvalue weighted by Gasteiger charge is 2.32. The Labute approximate surface area is 91.3 Å². The van der Waals surface area contributed by atoms with E-state index >= 15 is 0 Å². The molecule has 0 bridgehead atoms. The Bertz CT molecular complexity index is 212. The SMILES string of the molecule is CCC(CC)C(C(=O)O)N(C=O)C(C)C. The minimum absolute atomic E-state index is 0.0232. The van der Waals surface area contributed by atoms with Crippen molar-refractivity contribution in [3.05, 3.63) is 0 Å². The largest absolute Gasteiger partial charge is 0.480 e.